The summed E-state index contributed by atoms with van der Waals surface area (Å²) in [5.74, 6) is 0.123. The number of hydrogen-bond donors (Lipinski definition) is 1. The molecule has 0 aliphatic heterocycles. The molecule has 1 amide bonds. The number of carbonyl (C=O) groups excluding carboxylic acids is 1. The number of methoxy groups -OCH3 is 2. The highest BCUT2D eigenvalue weighted by atomic mass is 32.2. The van der Waals surface area contributed by atoms with Gasteiger partial charge in [0.15, 0.2) is 21.3 Å². The van der Waals surface area contributed by atoms with Gasteiger partial charge in [-0.25, -0.2) is 13.4 Å². The van der Waals surface area contributed by atoms with Gasteiger partial charge in [-0.3, -0.25) is 4.79 Å². The third kappa shape index (κ3) is 5.94. The summed E-state index contributed by atoms with van der Waals surface area (Å²) in [4.78, 5) is 17.9. The number of ether oxygens (including phenoxy) is 3. The van der Waals surface area contributed by atoms with Gasteiger partial charge in [-0.2, -0.15) is 5.26 Å². The van der Waals surface area contributed by atoms with Crippen LogP contribution in [0.25, 0.3) is 11.3 Å². The number of nitrogens with zero attached hydrogens (tertiary/aromatic N) is 4. The second-order valence-electron chi connectivity index (χ2n) is 8.28. The molecule has 0 saturated heterocycles. The third-order valence-corrected chi connectivity index (χ3v) is 6.76. The van der Waals surface area contributed by atoms with Crippen molar-refractivity contribution in [1.29, 1.82) is 5.26 Å². The van der Waals surface area contributed by atoms with Crippen LogP contribution in [0.15, 0.2) is 65.7 Å². The number of benzene rings is 2. The van der Waals surface area contributed by atoms with E-state index in [9.17, 15) is 18.5 Å². The predicted molar refractivity (Wildman–Crippen MR) is 142 cm³/mol. The number of anilines is 1. The summed E-state index contributed by atoms with van der Waals surface area (Å²) < 4.78 is 40.5. The largest absolute Gasteiger partial charge is 0.493 e. The lowest BCUT2D eigenvalue weighted by molar-refractivity contribution is 0.102. The van der Waals surface area contributed by atoms with Gasteiger partial charge < -0.3 is 19.5 Å². The van der Waals surface area contributed by atoms with Crippen molar-refractivity contribution in [2.24, 2.45) is 0 Å². The summed E-state index contributed by atoms with van der Waals surface area (Å²) in [5, 5.41) is 20.4. The molecule has 0 saturated carbocycles. The second-order valence-corrected chi connectivity index (χ2v) is 10.3. The van der Waals surface area contributed by atoms with E-state index in [0.717, 1.165) is 6.26 Å². The van der Waals surface area contributed by atoms with Crippen molar-refractivity contribution < 1.29 is 27.4 Å². The normalized spacial score (nSPS) is 10.8. The third-order valence-electron chi connectivity index (χ3n) is 5.65. The second kappa shape index (κ2) is 11.2. The van der Waals surface area contributed by atoms with E-state index in [2.05, 4.69) is 20.5 Å². The fourth-order valence-corrected chi connectivity index (χ4v) is 4.34. The molecule has 12 heteroatoms. The fraction of sp³-hybridized carbons (Fsp3) is 0.148. The van der Waals surface area contributed by atoms with E-state index in [-0.39, 0.29) is 33.5 Å². The maximum atomic E-state index is 13.6. The molecule has 2 aromatic heterocycles. The zero-order valence-corrected chi connectivity index (χ0v) is 22.2. The Labute approximate surface area is 224 Å². The van der Waals surface area contributed by atoms with Crippen LogP contribution in [0.1, 0.15) is 21.5 Å². The zero-order valence-electron chi connectivity index (χ0n) is 21.4. The van der Waals surface area contributed by atoms with Crippen molar-refractivity contribution in [3.63, 3.8) is 0 Å². The quantitative estimate of drug-likeness (QED) is 0.341. The molecule has 0 unspecified atom stereocenters. The Hall–Kier alpha value is -5.02. The van der Waals surface area contributed by atoms with Gasteiger partial charge in [0, 0.05) is 35.8 Å². The molecule has 198 valence electrons. The smallest absolute Gasteiger partial charge is 0.261 e. The van der Waals surface area contributed by atoms with Crippen LogP contribution in [-0.4, -0.2) is 50.0 Å². The van der Waals surface area contributed by atoms with Crippen LogP contribution in [0.4, 0.5) is 5.69 Å². The van der Waals surface area contributed by atoms with E-state index in [1.807, 2.05) is 6.07 Å². The molecule has 0 spiro atoms. The molecular weight excluding hydrogens is 522 g/mol. The van der Waals surface area contributed by atoms with Gasteiger partial charge in [0.1, 0.15) is 5.56 Å². The average molecular weight is 546 g/mol. The van der Waals surface area contributed by atoms with E-state index in [1.54, 1.807) is 25.1 Å². The maximum absolute atomic E-state index is 13.6. The van der Waals surface area contributed by atoms with Crippen molar-refractivity contribution in [1.82, 2.24) is 15.2 Å². The van der Waals surface area contributed by atoms with Crippen LogP contribution in [-0.2, 0) is 9.84 Å². The first-order valence-corrected chi connectivity index (χ1v) is 13.3. The molecule has 0 aliphatic carbocycles. The molecule has 39 heavy (non-hydrogen) atoms. The molecule has 2 aromatic carbocycles. The molecular formula is C27H23N5O6S. The Morgan fingerprint density at radius 1 is 1.00 bits per heavy atom. The summed E-state index contributed by atoms with van der Waals surface area (Å²) in [6, 6.07) is 15.8. The lowest BCUT2D eigenvalue weighted by atomic mass is 10.0. The Balaban J connectivity index is 1.81. The van der Waals surface area contributed by atoms with Gasteiger partial charge >= 0.3 is 0 Å². The molecule has 0 atom stereocenters. The Kier molecular flexibility index (Phi) is 7.73. The molecule has 11 nitrogen and oxygen atoms in total. The monoisotopic (exact) mass is 545 g/mol. The van der Waals surface area contributed by atoms with E-state index >= 15 is 0 Å². The lowest BCUT2D eigenvalue weighted by Crippen LogP contribution is -2.17. The summed E-state index contributed by atoms with van der Waals surface area (Å²) in [5.41, 5.74) is 2.04. The number of nitrogens with one attached hydrogen (secondary N) is 1. The summed E-state index contributed by atoms with van der Waals surface area (Å²) >= 11 is 0. The highest BCUT2D eigenvalue weighted by Crippen LogP contribution is 2.35. The Bertz CT molecular complexity index is 1700. The van der Waals surface area contributed by atoms with Gasteiger partial charge in [-0.15, -0.1) is 10.2 Å². The number of nitriles is 1. The standard InChI is InChI=1S/C27H23N5O6S/c1-16-24(26(33)30-19-6-5-7-20(13-19)39(4,34)35)27(38-21-10-8-17(14-28)12-22(21)36-2)32-31-25(16)18-9-11-23(37-3)29-15-18/h5-13,15H,1-4H3,(H,30,33). The van der Waals surface area contributed by atoms with Gasteiger partial charge in [-0.05, 0) is 48.9 Å². The zero-order chi connectivity index (χ0) is 28.2. The van der Waals surface area contributed by atoms with Crippen LogP contribution in [0.5, 0.6) is 23.3 Å². The minimum atomic E-state index is -3.50. The minimum absolute atomic E-state index is 0.0481. The SMILES string of the molecule is COc1ccc(-c2nnc(Oc3ccc(C#N)cc3OC)c(C(=O)Nc3cccc(S(C)(=O)=O)c3)c2C)cn1. The van der Waals surface area contributed by atoms with Gasteiger partial charge in [0.05, 0.1) is 36.4 Å². The van der Waals surface area contributed by atoms with E-state index in [0.29, 0.717) is 28.3 Å². The number of pyridine rings is 1. The number of sulfone groups is 1. The number of aromatic nitrogens is 3. The lowest BCUT2D eigenvalue weighted by Gasteiger charge is -2.16. The highest BCUT2D eigenvalue weighted by molar-refractivity contribution is 7.90. The van der Waals surface area contributed by atoms with Crippen molar-refractivity contribution in [3.8, 4) is 40.6 Å². The molecule has 2 heterocycles. The van der Waals surface area contributed by atoms with Crippen molar-refractivity contribution in [3.05, 3.63) is 77.5 Å². The molecule has 4 aromatic rings. The van der Waals surface area contributed by atoms with E-state index in [4.69, 9.17) is 14.2 Å². The number of amides is 1. The molecule has 0 bridgehead atoms. The topological polar surface area (TPSA) is 153 Å². The molecule has 1 N–H and O–H groups in total. The molecule has 4 rings (SSSR count). The predicted octanol–water partition coefficient (Wildman–Crippen LogP) is 4.18. The Morgan fingerprint density at radius 3 is 2.44 bits per heavy atom. The van der Waals surface area contributed by atoms with Crippen molar-refractivity contribution in [2.75, 3.05) is 25.8 Å². The molecule has 0 fully saturated rings. The van der Waals surface area contributed by atoms with Crippen LogP contribution in [0.3, 0.4) is 0 Å². The van der Waals surface area contributed by atoms with E-state index < -0.39 is 15.7 Å². The molecule has 0 radical (unpaired) electrons. The van der Waals surface area contributed by atoms with Crippen molar-refractivity contribution >= 4 is 21.4 Å². The van der Waals surface area contributed by atoms with Crippen LogP contribution >= 0.6 is 0 Å². The first-order valence-electron chi connectivity index (χ1n) is 11.4. The Morgan fingerprint density at radius 2 is 1.79 bits per heavy atom. The van der Waals surface area contributed by atoms with Crippen LogP contribution in [0.2, 0.25) is 0 Å². The van der Waals surface area contributed by atoms with Crippen molar-refractivity contribution in [2.45, 2.75) is 11.8 Å². The number of hydrogen-bond acceptors (Lipinski definition) is 10. The fourth-order valence-electron chi connectivity index (χ4n) is 3.68. The van der Waals surface area contributed by atoms with Gasteiger partial charge in [0.2, 0.25) is 5.88 Å². The summed E-state index contributed by atoms with van der Waals surface area (Å²) in [7, 11) is -0.580. The summed E-state index contributed by atoms with van der Waals surface area (Å²) in [6.07, 6.45) is 2.62. The highest BCUT2D eigenvalue weighted by Gasteiger charge is 2.24. The maximum Gasteiger partial charge on any atom is 0.261 e. The van der Waals surface area contributed by atoms with Gasteiger partial charge in [-0.1, -0.05) is 6.07 Å². The van der Waals surface area contributed by atoms with Crippen LogP contribution in [0, 0.1) is 18.3 Å². The average Bonchev–Trinajstić information content (AvgIpc) is 2.93. The van der Waals surface area contributed by atoms with Gasteiger partial charge in [0.25, 0.3) is 11.8 Å². The van der Waals surface area contributed by atoms with E-state index in [1.165, 1.54) is 56.8 Å². The minimum Gasteiger partial charge on any atom is -0.493 e. The first-order chi connectivity index (χ1) is 18.6. The summed E-state index contributed by atoms with van der Waals surface area (Å²) in [6.45, 7) is 1.68. The number of rotatable bonds is 8. The molecule has 0 aliphatic rings. The first kappa shape index (κ1) is 27.0. The number of carbonyl (C=O) groups is 1. The van der Waals surface area contributed by atoms with Crippen LogP contribution < -0.4 is 19.5 Å².